The molecule has 1 aromatic carbocycles. The lowest BCUT2D eigenvalue weighted by molar-refractivity contribution is 0.195. The number of nitrogens with one attached hydrogen (secondary N) is 3. The van der Waals surface area contributed by atoms with E-state index in [4.69, 9.17) is 9.47 Å². The van der Waals surface area contributed by atoms with Crippen LogP contribution in [-0.4, -0.2) is 55.1 Å². The largest absolute Gasteiger partial charge is 0.497 e. The van der Waals surface area contributed by atoms with E-state index in [9.17, 15) is 0 Å². The van der Waals surface area contributed by atoms with Gasteiger partial charge in [-0.25, -0.2) is 9.98 Å². The molecule has 3 N–H and O–H groups in total. The lowest BCUT2D eigenvalue weighted by Gasteiger charge is -2.10. The first-order valence-electron chi connectivity index (χ1n) is 8.33. The fourth-order valence-electron chi connectivity index (χ4n) is 2.15. The molecule has 0 radical (unpaired) electrons. The Labute approximate surface area is 148 Å². The third-order valence-corrected chi connectivity index (χ3v) is 3.43. The molecule has 1 heterocycles. The van der Waals surface area contributed by atoms with Gasteiger partial charge in [0.15, 0.2) is 11.8 Å². The summed E-state index contributed by atoms with van der Waals surface area (Å²) >= 11 is 0. The van der Waals surface area contributed by atoms with Gasteiger partial charge in [-0.3, -0.25) is 5.10 Å². The Morgan fingerprint density at radius 3 is 2.68 bits per heavy atom. The van der Waals surface area contributed by atoms with Crippen LogP contribution in [0, 0.1) is 0 Å². The molecule has 25 heavy (non-hydrogen) atoms. The molecule has 136 valence electrons. The van der Waals surface area contributed by atoms with Crippen molar-refractivity contribution in [2.75, 3.05) is 33.9 Å². The van der Waals surface area contributed by atoms with Gasteiger partial charge in [0, 0.05) is 32.4 Å². The zero-order chi connectivity index (χ0) is 17.9. The van der Waals surface area contributed by atoms with Crippen LogP contribution >= 0.6 is 0 Å². The molecular weight excluding hydrogens is 320 g/mol. The van der Waals surface area contributed by atoms with Gasteiger partial charge in [0.25, 0.3) is 0 Å². The summed E-state index contributed by atoms with van der Waals surface area (Å²) in [6.07, 6.45) is 0.921. The second-order valence-corrected chi connectivity index (χ2v) is 5.30. The van der Waals surface area contributed by atoms with Crippen molar-refractivity contribution in [3.63, 3.8) is 0 Å². The second-order valence-electron chi connectivity index (χ2n) is 5.30. The van der Waals surface area contributed by atoms with Crippen molar-refractivity contribution in [3.8, 4) is 17.1 Å². The molecule has 8 nitrogen and oxygen atoms in total. The van der Waals surface area contributed by atoms with Crippen LogP contribution in [0.25, 0.3) is 11.4 Å². The molecule has 0 fully saturated rings. The van der Waals surface area contributed by atoms with Gasteiger partial charge in [-0.05, 0) is 37.6 Å². The predicted molar refractivity (Wildman–Crippen MR) is 97.7 cm³/mol. The number of methoxy groups -OCH3 is 2. The van der Waals surface area contributed by atoms with Crippen LogP contribution in [0.5, 0.6) is 5.75 Å². The first kappa shape index (κ1) is 18.7. The second kappa shape index (κ2) is 10.3. The van der Waals surface area contributed by atoms with Crippen LogP contribution in [0.3, 0.4) is 0 Å². The van der Waals surface area contributed by atoms with Crippen LogP contribution in [0.2, 0.25) is 0 Å². The van der Waals surface area contributed by atoms with Gasteiger partial charge in [-0.1, -0.05) is 0 Å². The highest BCUT2D eigenvalue weighted by atomic mass is 16.5. The van der Waals surface area contributed by atoms with E-state index >= 15 is 0 Å². The van der Waals surface area contributed by atoms with Crippen molar-refractivity contribution in [2.24, 2.45) is 4.99 Å². The van der Waals surface area contributed by atoms with E-state index in [1.807, 2.05) is 31.2 Å². The van der Waals surface area contributed by atoms with Crippen LogP contribution < -0.4 is 15.4 Å². The number of nitrogens with zero attached hydrogens (tertiary/aromatic N) is 3. The summed E-state index contributed by atoms with van der Waals surface area (Å²) in [5, 5.41) is 13.6. The van der Waals surface area contributed by atoms with Gasteiger partial charge in [0.05, 0.1) is 7.11 Å². The molecule has 2 rings (SSSR count). The highest BCUT2D eigenvalue weighted by molar-refractivity contribution is 5.79. The summed E-state index contributed by atoms with van der Waals surface area (Å²) in [4.78, 5) is 9.00. The van der Waals surface area contributed by atoms with E-state index in [2.05, 4.69) is 30.8 Å². The number of benzene rings is 1. The maximum absolute atomic E-state index is 5.16. The first-order valence-corrected chi connectivity index (χ1v) is 8.33. The van der Waals surface area contributed by atoms with Crippen LogP contribution in [0.4, 0.5) is 0 Å². The summed E-state index contributed by atoms with van der Waals surface area (Å²) in [6.45, 7) is 4.77. The maximum Gasteiger partial charge on any atom is 0.191 e. The quantitative estimate of drug-likeness (QED) is 0.362. The number of ether oxygens (including phenoxy) is 2. The summed E-state index contributed by atoms with van der Waals surface area (Å²) in [5.41, 5.74) is 0.928. The minimum atomic E-state index is 0.419. The number of H-pyrrole nitrogens is 1. The van der Waals surface area contributed by atoms with Crippen LogP contribution in [0.15, 0.2) is 29.3 Å². The maximum atomic E-state index is 5.16. The third kappa shape index (κ3) is 6.07. The summed E-state index contributed by atoms with van der Waals surface area (Å²) in [5.74, 6) is 2.91. The van der Waals surface area contributed by atoms with Gasteiger partial charge < -0.3 is 20.1 Å². The van der Waals surface area contributed by atoms with Gasteiger partial charge >= 0.3 is 0 Å². The Morgan fingerprint density at radius 1 is 1.20 bits per heavy atom. The van der Waals surface area contributed by atoms with Gasteiger partial charge in [0.2, 0.25) is 0 Å². The van der Waals surface area contributed by atoms with Crippen molar-refractivity contribution >= 4 is 5.96 Å². The molecule has 0 aliphatic heterocycles. The standard InChI is InChI=1S/C17H26N6O2/c1-4-18-17(19-10-5-11-24-2)20-12-15-21-16(23-22-15)13-6-8-14(25-3)9-7-13/h6-9H,4-5,10-12H2,1-3H3,(H2,18,19,20)(H,21,22,23). The molecule has 0 saturated heterocycles. The van der Waals surface area contributed by atoms with E-state index in [0.29, 0.717) is 18.2 Å². The van der Waals surface area contributed by atoms with Gasteiger partial charge in [0.1, 0.15) is 18.1 Å². The molecule has 2 aromatic rings. The topological polar surface area (TPSA) is 96.5 Å². The molecule has 8 heteroatoms. The monoisotopic (exact) mass is 346 g/mol. The lowest BCUT2D eigenvalue weighted by atomic mass is 10.2. The summed E-state index contributed by atoms with van der Waals surface area (Å²) in [7, 11) is 3.34. The van der Waals surface area contributed by atoms with E-state index in [0.717, 1.165) is 43.4 Å². The number of aromatic nitrogens is 3. The molecule has 0 saturated carbocycles. The van der Waals surface area contributed by atoms with E-state index in [1.165, 1.54) is 0 Å². The van der Waals surface area contributed by atoms with E-state index in [-0.39, 0.29) is 0 Å². The highest BCUT2D eigenvalue weighted by Gasteiger charge is 2.06. The number of hydrogen-bond acceptors (Lipinski definition) is 5. The smallest absolute Gasteiger partial charge is 0.191 e. The lowest BCUT2D eigenvalue weighted by Crippen LogP contribution is -2.38. The van der Waals surface area contributed by atoms with Crippen molar-refractivity contribution in [2.45, 2.75) is 19.9 Å². The average Bonchev–Trinajstić information content (AvgIpc) is 3.12. The Hall–Kier alpha value is -2.61. The average molecular weight is 346 g/mol. The number of guanidine groups is 1. The number of hydrogen-bond donors (Lipinski definition) is 3. The van der Waals surface area contributed by atoms with Gasteiger partial charge in [-0.15, -0.1) is 0 Å². The minimum absolute atomic E-state index is 0.419. The molecule has 0 aliphatic carbocycles. The fourth-order valence-corrected chi connectivity index (χ4v) is 2.15. The number of aliphatic imine (C=N–C) groups is 1. The Morgan fingerprint density at radius 2 is 2.00 bits per heavy atom. The fraction of sp³-hybridized carbons (Fsp3) is 0.471. The Kier molecular flexibility index (Phi) is 7.71. The molecule has 0 unspecified atom stereocenters. The normalized spacial score (nSPS) is 11.4. The third-order valence-electron chi connectivity index (χ3n) is 3.43. The minimum Gasteiger partial charge on any atom is -0.497 e. The van der Waals surface area contributed by atoms with E-state index < -0.39 is 0 Å². The Balaban J connectivity index is 1.95. The van der Waals surface area contributed by atoms with Crippen molar-refractivity contribution in [1.82, 2.24) is 25.8 Å². The SMILES string of the molecule is CCNC(=NCc1nc(-c2ccc(OC)cc2)n[nH]1)NCCCOC. The molecule has 0 atom stereocenters. The van der Waals surface area contributed by atoms with E-state index in [1.54, 1.807) is 14.2 Å². The Bertz CT molecular complexity index is 653. The molecule has 0 spiro atoms. The van der Waals surface area contributed by atoms with Crippen LogP contribution in [0.1, 0.15) is 19.2 Å². The highest BCUT2D eigenvalue weighted by Crippen LogP contribution is 2.18. The first-order chi connectivity index (χ1) is 12.3. The van der Waals surface area contributed by atoms with Crippen LogP contribution in [-0.2, 0) is 11.3 Å². The van der Waals surface area contributed by atoms with Crippen molar-refractivity contribution in [1.29, 1.82) is 0 Å². The molecule has 0 aliphatic rings. The molecule has 1 aromatic heterocycles. The number of rotatable bonds is 9. The molecule has 0 amide bonds. The van der Waals surface area contributed by atoms with Crippen molar-refractivity contribution < 1.29 is 9.47 Å². The summed E-state index contributed by atoms with van der Waals surface area (Å²) in [6, 6.07) is 7.63. The molecular formula is C17H26N6O2. The molecule has 0 bridgehead atoms. The van der Waals surface area contributed by atoms with Gasteiger partial charge in [-0.2, -0.15) is 5.10 Å². The zero-order valence-corrected chi connectivity index (χ0v) is 15.0. The number of aromatic amines is 1. The zero-order valence-electron chi connectivity index (χ0n) is 15.0. The van der Waals surface area contributed by atoms with Crippen molar-refractivity contribution in [3.05, 3.63) is 30.1 Å². The predicted octanol–water partition coefficient (Wildman–Crippen LogP) is 1.57. The summed E-state index contributed by atoms with van der Waals surface area (Å²) < 4.78 is 10.2.